The Morgan fingerprint density at radius 3 is 2.67 bits per heavy atom. The van der Waals surface area contributed by atoms with E-state index < -0.39 is 5.97 Å². The van der Waals surface area contributed by atoms with Crippen LogP contribution in [0.25, 0.3) is 0 Å². The van der Waals surface area contributed by atoms with Crippen LogP contribution in [0.3, 0.4) is 0 Å². The lowest BCUT2D eigenvalue weighted by Gasteiger charge is -2.29. The van der Waals surface area contributed by atoms with E-state index in [1.807, 2.05) is 0 Å². The lowest BCUT2D eigenvalue weighted by atomic mass is 9.99. The lowest BCUT2D eigenvalue weighted by Crippen LogP contribution is -2.32. The van der Waals surface area contributed by atoms with Gasteiger partial charge in [-0.1, -0.05) is 6.92 Å². The summed E-state index contributed by atoms with van der Waals surface area (Å²) in [7, 11) is 0. The Morgan fingerprint density at radius 2 is 2.05 bits per heavy atom. The van der Waals surface area contributed by atoms with Crippen molar-refractivity contribution in [2.45, 2.75) is 57.9 Å². The predicted molar refractivity (Wildman–Crippen MR) is 83.7 cm³/mol. The van der Waals surface area contributed by atoms with Crippen molar-refractivity contribution in [1.29, 1.82) is 0 Å². The van der Waals surface area contributed by atoms with Crippen molar-refractivity contribution in [1.82, 2.24) is 9.88 Å². The fourth-order valence-corrected chi connectivity index (χ4v) is 4.16. The number of hydrogen-bond acceptors (Lipinski definition) is 4. The van der Waals surface area contributed by atoms with Gasteiger partial charge in [-0.25, -0.2) is 4.98 Å². The summed E-state index contributed by atoms with van der Waals surface area (Å²) in [6.07, 6.45) is 5.90. The molecule has 2 aliphatic rings. The van der Waals surface area contributed by atoms with Gasteiger partial charge < -0.3 is 5.11 Å². The van der Waals surface area contributed by atoms with E-state index in [4.69, 9.17) is 10.1 Å². The van der Waals surface area contributed by atoms with Crippen molar-refractivity contribution in [2.24, 2.45) is 5.92 Å². The Morgan fingerprint density at radius 1 is 1.33 bits per heavy atom. The molecule has 1 aromatic rings. The minimum Gasteiger partial charge on any atom is -0.481 e. The number of rotatable bonds is 6. The van der Waals surface area contributed by atoms with Crippen molar-refractivity contribution >= 4 is 17.3 Å². The van der Waals surface area contributed by atoms with E-state index in [1.54, 1.807) is 11.3 Å². The second-order valence-electron chi connectivity index (χ2n) is 6.54. The Hall–Kier alpha value is -0.940. The van der Waals surface area contributed by atoms with Gasteiger partial charge in [0.1, 0.15) is 5.01 Å². The van der Waals surface area contributed by atoms with Crippen LogP contribution < -0.4 is 0 Å². The van der Waals surface area contributed by atoms with Gasteiger partial charge in [-0.15, -0.1) is 11.3 Å². The molecule has 1 aliphatic carbocycles. The summed E-state index contributed by atoms with van der Waals surface area (Å²) < 4.78 is 0. The molecule has 1 aliphatic heterocycles. The third-order valence-electron chi connectivity index (χ3n) is 4.54. The molecular weight excluding hydrogens is 284 g/mol. The molecule has 0 unspecified atom stereocenters. The molecule has 2 heterocycles. The molecule has 4 nitrogen and oxygen atoms in total. The van der Waals surface area contributed by atoms with Crippen LogP contribution in [0.5, 0.6) is 0 Å². The molecule has 1 N–H and O–H groups in total. The molecule has 0 spiro atoms. The third kappa shape index (κ3) is 4.04. The Kier molecular flexibility index (Phi) is 4.60. The van der Waals surface area contributed by atoms with Gasteiger partial charge in [-0.2, -0.15) is 0 Å². The zero-order valence-electron chi connectivity index (χ0n) is 12.7. The van der Waals surface area contributed by atoms with Gasteiger partial charge in [0.05, 0.1) is 18.7 Å². The summed E-state index contributed by atoms with van der Waals surface area (Å²) in [6, 6.07) is 0. The Labute approximate surface area is 130 Å². The van der Waals surface area contributed by atoms with Crippen molar-refractivity contribution in [3.63, 3.8) is 0 Å². The van der Waals surface area contributed by atoms with Crippen molar-refractivity contribution in [2.75, 3.05) is 13.1 Å². The molecule has 5 heteroatoms. The minimum atomic E-state index is -0.711. The fourth-order valence-electron chi connectivity index (χ4n) is 2.97. The number of carboxylic acid groups (broad SMARTS) is 1. The molecule has 0 bridgehead atoms. The first-order valence-corrected chi connectivity index (χ1v) is 8.86. The first-order valence-electron chi connectivity index (χ1n) is 8.04. The van der Waals surface area contributed by atoms with Gasteiger partial charge >= 0.3 is 5.97 Å². The highest BCUT2D eigenvalue weighted by molar-refractivity contribution is 7.11. The second-order valence-corrected chi connectivity index (χ2v) is 7.71. The van der Waals surface area contributed by atoms with Gasteiger partial charge in [0.25, 0.3) is 0 Å². The van der Waals surface area contributed by atoms with Crippen LogP contribution in [0.2, 0.25) is 0 Å². The highest BCUT2D eigenvalue weighted by atomic mass is 32.1. The van der Waals surface area contributed by atoms with Crippen LogP contribution in [0.4, 0.5) is 0 Å². The first-order chi connectivity index (χ1) is 10.1. The SMILES string of the molecule is CC1CCN(Cc2nc(C3CC3)c(CCC(=O)O)s2)CC1. The maximum absolute atomic E-state index is 10.8. The fraction of sp³-hybridized carbons (Fsp3) is 0.750. The molecular formula is C16H24N2O2S. The van der Waals surface area contributed by atoms with E-state index in [2.05, 4.69) is 11.8 Å². The van der Waals surface area contributed by atoms with Crippen LogP contribution in [0, 0.1) is 5.92 Å². The average molecular weight is 308 g/mol. The molecule has 3 rings (SSSR count). The zero-order chi connectivity index (χ0) is 14.8. The normalized spacial score (nSPS) is 20.8. The molecule has 1 aromatic heterocycles. The maximum atomic E-state index is 10.8. The molecule has 1 saturated heterocycles. The summed E-state index contributed by atoms with van der Waals surface area (Å²) in [6.45, 7) is 5.62. The standard InChI is InChI=1S/C16H24N2O2S/c1-11-6-8-18(9-7-11)10-14-17-16(12-2-3-12)13(21-14)4-5-15(19)20/h11-12H,2-10H2,1H3,(H,19,20). The van der Waals surface area contributed by atoms with Gasteiger partial charge in [0.15, 0.2) is 0 Å². The molecule has 0 aromatic carbocycles. The van der Waals surface area contributed by atoms with Gasteiger partial charge in [-0.3, -0.25) is 9.69 Å². The molecule has 1 saturated carbocycles. The number of hydrogen-bond donors (Lipinski definition) is 1. The third-order valence-corrected chi connectivity index (χ3v) is 5.65. The van der Waals surface area contributed by atoms with Crippen LogP contribution >= 0.6 is 11.3 Å². The number of carbonyl (C=O) groups is 1. The minimum absolute atomic E-state index is 0.225. The van der Waals surface area contributed by atoms with Crippen LogP contribution in [-0.2, 0) is 17.8 Å². The number of likely N-dealkylation sites (tertiary alicyclic amines) is 1. The molecule has 0 atom stereocenters. The molecule has 21 heavy (non-hydrogen) atoms. The van der Waals surface area contributed by atoms with E-state index in [9.17, 15) is 4.79 Å². The molecule has 0 amide bonds. The average Bonchev–Trinajstić information content (AvgIpc) is 3.21. The Bertz CT molecular complexity index is 502. The number of aromatic nitrogens is 1. The predicted octanol–water partition coefficient (Wildman–Crippen LogP) is 3.27. The van der Waals surface area contributed by atoms with E-state index in [0.717, 1.165) is 12.5 Å². The molecule has 116 valence electrons. The summed E-state index contributed by atoms with van der Waals surface area (Å²) in [4.78, 5) is 19.4. The zero-order valence-corrected chi connectivity index (χ0v) is 13.5. The summed E-state index contributed by atoms with van der Waals surface area (Å²) in [5.41, 5.74) is 1.21. The Balaban J connectivity index is 1.64. The van der Waals surface area contributed by atoms with Crippen molar-refractivity contribution < 1.29 is 9.90 Å². The summed E-state index contributed by atoms with van der Waals surface area (Å²) in [5, 5.41) is 10.1. The number of carboxylic acids is 1. The van der Waals surface area contributed by atoms with Crippen molar-refractivity contribution in [3.05, 3.63) is 15.6 Å². The van der Waals surface area contributed by atoms with E-state index in [1.165, 1.54) is 54.4 Å². The largest absolute Gasteiger partial charge is 0.481 e. The smallest absolute Gasteiger partial charge is 0.303 e. The highest BCUT2D eigenvalue weighted by Gasteiger charge is 2.30. The second kappa shape index (κ2) is 6.44. The maximum Gasteiger partial charge on any atom is 0.303 e. The van der Waals surface area contributed by atoms with E-state index in [0.29, 0.717) is 12.3 Å². The van der Waals surface area contributed by atoms with Gasteiger partial charge in [0.2, 0.25) is 0 Å². The van der Waals surface area contributed by atoms with Crippen LogP contribution in [-0.4, -0.2) is 34.0 Å². The molecule has 0 radical (unpaired) electrons. The first kappa shape index (κ1) is 15.0. The van der Waals surface area contributed by atoms with E-state index >= 15 is 0 Å². The van der Waals surface area contributed by atoms with Gasteiger partial charge in [0, 0.05) is 10.8 Å². The van der Waals surface area contributed by atoms with E-state index in [-0.39, 0.29) is 6.42 Å². The lowest BCUT2D eigenvalue weighted by molar-refractivity contribution is -0.136. The van der Waals surface area contributed by atoms with Gasteiger partial charge in [-0.05, 0) is 51.1 Å². The van der Waals surface area contributed by atoms with Crippen LogP contribution in [0.15, 0.2) is 0 Å². The monoisotopic (exact) mass is 308 g/mol. The number of thiazole rings is 1. The summed E-state index contributed by atoms with van der Waals surface area (Å²) >= 11 is 1.75. The number of aryl methyl sites for hydroxylation is 1. The quantitative estimate of drug-likeness (QED) is 0.876. The molecule has 2 fully saturated rings. The topological polar surface area (TPSA) is 53.4 Å². The highest BCUT2D eigenvalue weighted by Crippen LogP contribution is 2.43. The number of nitrogens with zero attached hydrogens (tertiary/aromatic N) is 2. The number of aliphatic carboxylic acids is 1. The van der Waals surface area contributed by atoms with Crippen LogP contribution in [0.1, 0.15) is 60.5 Å². The summed E-state index contributed by atoms with van der Waals surface area (Å²) in [5.74, 6) is 0.752. The number of piperidine rings is 1. The van der Waals surface area contributed by atoms with Crippen molar-refractivity contribution in [3.8, 4) is 0 Å².